The average Bonchev–Trinajstić information content (AvgIpc) is 3.22. The van der Waals surface area contributed by atoms with Crippen LogP contribution in [0.15, 0.2) is 40.9 Å². The molecular formula is C21H20F4N4O3. The highest BCUT2D eigenvalue weighted by atomic mass is 19.4. The van der Waals surface area contributed by atoms with Gasteiger partial charge >= 0.3 is 6.18 Å². The standard InChI is InChI=1S/C21H20F4N4O3/c1-3-31-15-6-4-13(5-7-15)19-28-18(32-29-19)10-26-17-9-14(8-16(22)12(17)2)20(30)27-11-21(23,24)25/h4-9,26H,3,10-11H2,1-2H3,(H,27,30). The minimum atomic E-state index is -4.57. The van der Waals surface area contributed by atoms with Gasteiger partial charge in [-0.2, -0.15) is 18.2 Å². The SMILES string of the molecule is CCOc1ccc(-c2noc(CNc3cc(C(=O)NCC(F)(F)F)cc(F)c3C)n2)cc1. The molecule has 2 aromatic carbocycles. The predicted octanol–water partition coefficient (Wildman–Crippen LogP) is 4.49. The fourth-order valence-electron chi connectivity index (χ4n) is 2.76. The molecule has 0 fully saturated rings. The lowest BCUT2D eigenvalue weighted by Gasteiger charge is -2.12. The lowest BCUT2D eigenvalue weighted by molar-refractivity contribution is -0.123. The van der Waals surface area contributed by atoms with Crippen LogP contribution >= 0.6 is 0 Å². The number of carbonyl (C=O) groups is 1. The number of rotatable bonds is 8. The summed E-state index contributed by atoms with van der Waals surface area (Å²) in [6, 6.07) is 9.23. The van der Waals surface area contributed by atoms with Gasteiger partial charge in [0.1, 0.15) is 18.1 Å². The molecule has 1 aromatic heterocycles. The lowest BCUT2D eigenvalue weighted by Crippen LogP contribution is -2.33. The molecule has 11 heteroatoms. The summed E-state index contributed by atoms with van der Waals surface area (Å²) in [6.07, 6.45) is -4.57. The molecule has 170 valence electrons. The molecule has 0 bridgehead atoms. The number of hydrogen-bond acceptors (Lipinski definition) is 6. The first-order valence-corrected chi connectivity index (χ1v) is 9.61. The van der Waals surface area contributed by atoms with Crippen molar-refractivity contribution in [1.82, 2.24) is 15.5 Å². The van der Waals surface area contributed by atoms with Crippen molar-refractivity contribution in [3.8, 4) is 17.1 Å². The van der Waals surface area contributed by atoms with Crippen molar-refractivity contribution >= 4 is 11.6 Å². The smallest absolute Gasteiger partial charge is 0.405 e. The van der Waals surface area contributed by atoms with Crippen molar-refractivity contribution < 1.29 is 31.6 Å². The zero-order valence-electron chi connectivity index (χ0n) is 17.2. The first-order valence-electron chi connectivity index (χ1n) is 9.61. The highest BCUT2D eigenvalue weighted by molar-refractivity contribution is 5.95. The third-order valence-electron chi connectivity index (χ3n) is 4.38. The third kappa shape index (κ3) is 5.96. The van der Waals surface area contributed by atoms with E-state index in [-0.39, 0.29) is 29.2 Å². The molecule has 7 nitrogen and oxygen atoms in total. The molecule has 3 rings (SSSR count). The number of nitrogens with one attached hydrogen (secondary N) is 2. The van der Waals surface area contributed by atoms with E-state index in [2.05, 4.69) is 15.5 Å². The normalized spacial score (nSPS) is 11.3. The number of anilines is 1. The summed E-state index contributed by atoms with van der Waals surface area (Å²) in [5, 5.41) is 8.48. The average molecular weight is 452 g/mol. The van der Waals surface area contributed by atoms with Crippen molar-refractivity contribution in [3.05, 3.63) is 59.2 Å². The molecule has 0 aliphatic heterocycles. The van der Waals surface area contributed by atoms with Crippen LogP contribution in [0.25, 0.3) is 11.4 Å². The summed E-state index contributed by atoms with van der Waals surface area (Å²) >= 11 is 0. The van der Waals surface area contributed by atoms with E-state index in [0.717, 1.165) is 6.07 Å². The second-order valence-electron chi connectivity index (χ2n) is 6.75. The summed E-state index contributed by atoms with van der Waals surface area (Å²) in [5.41, 5.74) is 0.848. The molecule has 0 atom stereocenters. The summed E-state index contributed by atoms with van der Waals surface area (Å²) in [7, 11) is 0. The van der Waals surface area contributed by atoms with Crippen LogP contribution in [0.3, 0.4) is 0 Å². The van der Waals surface area contributed by atoms with Gasteiger partial charge in [-0.25, -0.2) is 4.39 Å². The molecule has 1 heterocycles. The van der Waals surface area contributed by atoms with Crippen molar-refractivity contribution in [2.45, 2.75) is 26.6 Å². The first kappa shape index (κ1) is 23.0. The van der Waals surface area contributed by atoms with Gasteiger partial charge in [0, 0.05) is 22.4 Å². The quantitative estimate of drug-likeness (QED) is 0.490. The van der Waals surface area contributed by atoms with Crippen molar-refractivity contribution in [3.63, 3.8) is 0 Å². The number of alkyl halides is 3. The molecule has 0 aliphatic carbocycles. The van der Waals surface area contributed by atoms with E-state index >= 15 is 0 Å². The molecule has 3 aromatic rings. The van der Waals surface area contributed by atoms with Crippen LogP contribution in [-0.4, -0.2) is 35.4 Å². The van der Waals surface area contributed by atoms with Crippen molar-refractivity contribution in [2.75, 3.05) is 18.5 Å². The number of halogens is 4. The zero-order valence-corrected chi connectivity index (χ0v) is 17.2. The van der Waals surface area contributed by atoms with Gasteiger partial charge in [-0.15, -0.1) is 0 Å². The number of benzene rings is 2. The lowest BCUT2D eigenvalue weighted by atomic mass is 10.1. The molecular weight excluding hydrogens is 432 g/mol. The number of carbonyl (C=O) groups excluding carboxylic acids is 1. The second kappa shape index (κ2) is 9.67. The van der Waals surface area contributed by atoms with Gasteiger partial charge in [0.2, 0.25) is 11.7 Å². The van der Waals surface area contributed by atoms with Gasteiger partial charge in [0.15, 0.2) is 0 Å². The van der Waals surface area contributed by atoms with E-state index in [1.54, 1.807) is 29.6 Å². The monoisotopic (exact) mass is 452 g/mol. The van der Waals surface area contributed by atoms with Gasteiger partial charge in [-0.05, 0) is 50.2 Å². The first-order chi connectivity index (χ1) is 15.2. The van der Waals surface area contributed by atoms with Gasteiger partial charge in [-0.1, -0.05) is 5.16 Å². The molecule has 0 saturated heterocycles. The largest absolute Gasteiger partial charge is 0.494 e. The number of amides is 1. The Morgan fingerprint density at radius 1 is 1.19 bits per heavy atom. The van der Waals surface area contributed by atoms with Gasteiger partial charge in [0.25, 0.3) is 5.91 Å². The van der Waals surface area contributed by atoms with Crippen LogP contribution in [0.5, 0.6) is 5.75 Å². The molecule has 32 heavy (non-hydrogen) atoms. The number of aromatic nitrogens is 2. The van der Waals surface area contributed by atoms with Crippen molar-refractivity contribution in [2.24, 2.45) is 0 Å². The van der Waals surface area contributed by atoms with Crippen LogP contribution in [0.1, 0.15) is 28.7 Å². The topological polar surface area (TPSA) is 89.3 Å². The maximum Gasteiger partial charge on any atom is 0.405 e. The number of hydrogen-bond donors (Lipinski definition) is 2. The van der Waals surface area contributed by atoms with E-state index in [4.69, 9.17) is 9.26 Å². The molecule has 0 saturated carbocycles. The Hall–Kier alpha value is -3.63. The van der Waals surface area contributed by atoms with E-state index in [1.807, 2.05) is 6.92 Å². The maximum atomic E-state index is 14.2. The third-order valence-corrected chi connectivity index (χ3v) is 4.38. The van der Waals surface area contributed by atoms with E-state index in [1.165, 1.54) is 13.0 Å². The number of nitrogens with zero attached hydrogens (tertiary/aromatic N) is 2. The highest BCUT2D eigenvalue weighted by Gasteiger charge is 2.28. The van der Waals surface area contributed by atoms with Crippen LogP contribution in [0, 0.1) is 12.7 Å². The summed E-state index contributed by atoms with van der Waals surface area (Å²) < 4.78 is 61.7. The van der Waals surface area contributed by atoms with Gasteiger partial charge < -0.3 is 19.9 Å². The molecule has 1 amide bonds. The van der Waals surface area contributed by atoms with E-state index < -0.39 is 24.4 Å². The Morgan fingerprint density at radius 2 is 1.91 bits per heavy atom. The Kier molecular flexibility index (Phi) is 6.96. The van der Waals surface area contributed by atoms with Crippen LogP contribution < -0.4 is 15.4 Å². The van der Waals surface area contributed by atoms with Crippen LogP contribution in [0.2, 0.25) is 0 Å². The summed E-state index contributed by atoms with van der Waals surface area (Å²) in [4.78, 5) is 16.2. The Bertz CT molecular complexity index is 1080. The molecule has 0 radical (unpaired) electrons. The van der Waals surface area contributed by atoms with Crippen LogP contribution in [0.4, 0.5) is 23.2 Å². The Labute approximate surface area is 180 Å². The summed E-state index contributed by atoms with van der Waals surface area (Å²) in [6.45, 7) is 2.39. The molecule has 0 spiro atoms. The van der Waals surface area contributed by atoms with Crippen molar-refractivity contribution in [1.29, 1.82) is 0 Å². The molecule has 2 N–H and O–H groups in total. The Balaban J connectivity index is 1.69. The summed E-state index contributed by atoms with van der Waals surface area (Å²) in [5.74, 6) is -0.542. The fraction of sp³-hybridized carbons (Fsp3) is 0.286. The van der Waals surface area contributed by atoms with E-state index in [0.29, 0.717) is 23.7 Å². The van der Waals surface area contributed by atoms with Crippen LogP contribution in [-0.2, 0) is 6.54 Å². The molecule has 0 aliphatic rings. The number of ether oxygens (including phenoxy) is 1. The maximum absolute atomic E-state index is 14.2. The predicted molar refractivity (Wildman–Crippen MR) is 108 cm³/mol. The fourth-order valence-corrected chi connectivity index (χ4v) is 2.76. The second-order valence-corrected chi connectivity index (χ2v) is 6.75. The minimum absolute atomic E-state index is 0.0118. The van der Waals surface area contributed by atoms with Gasteiger partial charge in [0.05, 0.1) is 13.2 Å². The highest BCUT2D eigenvalue weighted by Crippen LogP contribution is 2.23. The minimum Gasteiger partial charge on any atom is -0.494 e. The zero-order chi connectivity index (χ0) is 23.3. The van der Waals surface area contributed by atoms with E-state index in [9.17, 15) is 22.4 Å². The Morgan fingerprint density at radius 3 is 2.56 bits per heavy atom. The van der Waals surface area contributed by atoms with Gasteiger partial charge in [-0.3, -0.25) is 4.79 Å². The molecule has 0 unspecified atom stereocenters.